The molecule has 0 unspecified atom stereocenters. The van der Waals surface area contributed by atoms with Gasteiger partial charge < -0.3 is 24.3 Å². The molecule has 1 aliphatic carbocycles. The number of aromatic nitrogens is 1. The molecular formula is C27H27N3O6. The Morgan fingerprint density at radius 3 is 3.03 bits per heavy atom. The first-order chi connectivity index (χ1) is 17.6. The molecule has 5 rings (SSSR count). The van der Waals surface area contributed by atoms with Gasteiger partial charge in [-0.3, -0.25) is 9.78 Å². The van der Waals surface area contributed by atoms with E-state index in [1.54, 1.807) is 13.3 Å². The number of fused-ring (bicyclic) bond motifs is 1. The molecule has 0 saturated carbocycles. The summed E-state index contributed by atoms with van der Waals surface area (Å²) in [7, 11) is 1.62. The molecule has 1 aromatic carbocycles. The van der Waals surface area contributed by atoms with Crippen molar-refractivity contribution in [3.8, 4) is 5.75 Å². The molecule has 1 saturated heterocycles. The normalized spacial score (nSPS) is 19.0. The second-order valence-corrected chi connectivity index (χ2v) is 8.61. The lowest BCUT2D eigenvalue weighted by Crippen LogP contribution is -2.31. The molecule has 0 bridgehead atoms. The summed E-state index contributed by atoms with van der Waals surface area (Å²) < 4.78 is 22.0. The van der Waals surface area contributed by atoms with Crippen LogP contribution in [0.2, 0.25) is 0 Å². The van der Waals surface area contributed by atoms with Crippen LogP contribution in [0.5, 0.6) is 5.75 Å². The Bertz CT molecular complexity index is 1300. The number of methoxy groups -OCH3 is 1. The molecule has 2 aliphatic heterocycles. The zero-order chi connectivity index (χ0) is 24.9. The first-order valence-corrected chi connectivity index (χ1v) is 11.9. The highest BCUT2D eigenvalue weighted by Gasteiger charge is 2.37. The highest BCUT2D eigenvalue weighted by Crippen LogP contribution is 2.30. The molecule has 2 amide bonds. The number of rotatable bonds is 8. The fraction of sp³-hybridized carbons (Fsp3) is 0.296. The number of benzene rings is 1. The maximum Gasteiger partial charge on any atom is 0.417 e. The molecule has 9 heteroatoms. The van der Waals surface area contributed by atoms with Gasteiger partial charge in [0, 0.05) is 18.1 Å². The molecule has 0 radical (unpaired) electrons. The molecule has 1 N–H and O–H groups in total. The van der Waals surface area contributed by atoms with E-state index in [0.717, 1.165) is 40.6 Å². The molecule has 1 aromatic heterocycles. The molecular weight excluding hydrogens is 462 g/mol. The van der Waals surface area contributed by atoms with E-state index < -0.39 is 12.2 Å². The highest BCUT2D eigenvalue weighted by molar-refractivity contribution is 5.83. The van der Waals surface area contributed by atoms with Crippen LogP contribution < -0.4 is 10.1 Å². The number of carbonyl (C=O) groups excluding carboxylic acids is 2. The van der Waals surface area contributed by atoms with Crippen molar-refractivity contribution in [1.29, 1.82) is 0 Å². The Morgan fingerprint density at radius 1 is 1.28 bits per heavy atom. The smallest absolute Gasteiger partial charge is 0.417 e. The topological polar surface area (TPSA) is 99.2 Å². The third-order valence-electron chi connectivity index (χ3n) is 6.20. The van der Waals surface area contributed by atoms with Gasteiger partial charge in [0.05, 0.1) is 25.6 Å². The number of ether oxygens (including phenoxy) is 4. The Hall–Kier alpha value is -4.27. The number of amides is 2. The summed E-state index contributed by atoms with van der Waals surface area (Å²) in [4.78, 5) is 30.7. The predicted molar refractivity (Wildman–Crippen MR) is 131 cm³/mol. The summed E-state index contributed by atoms with van der Waals surface area (Å²) >= 11 is 0. The fourth-order valence-corrected chi connectivity index (χ4v) is 4.33. The zero-order valence-electron chi connectivity index (χ0n) is 19.9. The predicted octanol–water partition coefficient (Wildman–Crippen LogP) is 4.08. The van der Waals surface area contributed by atoms with Crippen molar-refractivity contribution in [1.82, 2.24) is 15.2 Å². The maximum atomic E-state index is 12.6. The summed E-state index contributed by atoms with van der Waals surface area (Å²) in [5.74, 6) is 1.37. The first kappa shape index (κ1) is 23.5. The number of allylic oxidation sites excluding steroid dienone is 4. The largest absolute Gasteiger partial charge is 0.497 e. The van der Waals surface area contributed by atoms with E-state index in [-0.39, 0.29) is 24.8 Å². The molecule has 1 fully saturated rings. The highest BCUT2D eigenvalue weighted by atomic mass is 16.6. The summed E-state index contributed by atoms with van der Waals surface area (Å²) in [6, 6.07) is 7.66. The van der Waals surface area contributed by atoms with Gasteiger partial charge in [0.15, 0.2) is 12.0 Å². The van der Waals surface area contributed by atoms with Gasteiger partial charge in [0.25, 0.3) is 0 Å². The Labute approximate surface area is 208 Å². The minimum absolute atomic E-state index is 0.0555. The van der Waals surface area contributed by atoms with Gasteiger partial charge in [0.2, 0.25) is 11.8 Å². The van der Waals surface area contributed by atoms with Crippen LogP contribution in [-0.4, -0.2) is 48.2 Å². The lowest BCUT2D eigenvalue weighted by Gasteiger charge is -2.23. The lowest BCUT2D eigenvalue weighted by molar-refractivity contribution is -0.122. The van der Waals surface area contributed by atoms with Gasteiger partial charge >= 0.3 is 6.09 Å². The van der Waals surface area contributed by atoms with E-state index in [2.05, 4.69) is 16.4 Å². The number of carbonyl (C=O) groups is 2. The summed E-state index contributed by atoms with van der Waals surface area (Å²) in [5.41, 5.74) is 2.92. The molecule has 9 nitrogen and oxygen atoms in total. The summed E-state index contributed by atoms with van der Waals surface area (Å²) in [6.07, 6.45) is 11.9. The third kappa shape index (κ3) is 5.19. The summed E-state index contributed by atoms with van der Waals surface area (Å²) in [5, 5.41) is 3.91. The zero-order valence-corrected chi connectivity index (χ0v) is 19.9. The van der Waals surface area contributed by atoms with Crippen molar-refractivity contribution >= 4 is 22.9 Å². The van der Waals surface area contributed by atoms with Crippen LogP contribution in [0, 0.1) is 0 Å². The maximum absolute atomic E-state index is 12.6. The van der Waals surface area contributed by atoms with Crippen molar-refractivity contribution in [3.63, 3.8) is 0 Å². The summed E-state index contributed by atoms with van der Waals surface area (Å²) in [6.45, 7) is 0.641. The van der Waals surface area contributed by atoms with Gasteiger partial charge in [-0.1, -0.05) is 18.2 Å². The minimum Gasteiger partial charge on any atom is -0.497 e. The van der Waals surface area contributed by atoms with Crippen molar-refractivity contribution in [2.75, 3.05) is 20.2 Å². The standard InChI is InChI=1S/C27H27N3O6/c1-33-20-7-8-23-22(13-20)18(9-11-28-23)10-12-29-25(31)14-21-15-30(27(32)35-21)26-17-34-16-24(36-26)19-5-3-2-4-6-19/h2-3,5,7-9,11,13,16-17,21H,4,6,10,12,14-15H2,1H3,(H,29,31)/t21-/m1/s1. The second kappa shape index (κ2) is 10.6. The molecule has 3 heterocycles. The fourth-order valence-electron chi connectivity index (χ4n) is 4.33. The quantitative estimate of drug-likeness (QED) is 0.597. The molecule has 3 aliphatic rings. The van der Waals surface area contributed by atoms with Gasteiger partial charge in [-0.25, -0.2) is 9.69 Å². The van der Waals surface area contributed by atoms with Crippen molar-refractivity contribution in [3.05, 3.63) is 84.0 Å². The van der Waals surface area contributed by atoms with Gasteiger partial charge in [-0.2, -0.15) is 0 Å². The number of cyclic esters (lactones) is 1. The molecule has 0 spiro atoms. The third-order valence-corrected chi connectivity index (χ3v) is 6.20. The van der Waals surface area contributed by atoms with E-state index in [4.69, 9.17) is 18.9 Å². The van der Waals surface area contributed by atoms with Crippen molar-refractivity contribution in [2.45, 2.75) is 31.8 Å². The lowest BCUT2D eigenvalue weighted by atomic mass is 10.0. The van der Waals surface area contributed by atoms with Crippen LogP contribution in [0.1, 0.15) is 24.8 Å². The number of nitrogens with one attached hydrogen (secondary N) is 1. The van der Waals surface area contributed by atoms with Crippen LogP contribution in [0.15, 0.2) is 78.4 Å². The Balaban J connectivity index is 1.12. The second-order valence-electron chi connectivity index (χ2n) is 8.61. The van der Waals surface area contributed by atoms with Crippen LogP contribution >= 0.6 is 0 Å². The van der Waals surface area contributed by atoms with E-state index in [1.165, 1.54) is 17.4 Å². The van der Waals surface area contributed by atoms with E-state index >= 15 is 0 Å². The number of pyridine rings is 1. The van der Waals surface area contributed by atoms with Crippen LogP contribution in [0.4, 0.5) is 4.79 Å². The number of nitrogens with zero attached hydrogens (tertiary/aromatic N) is 2. The molecule has 2 aromatic rings. The number of hydrogen-bond acceptors (Lipinski definition) is 7. The van der Waals surface area contributed by atoms with E-state index in [0.29, 0.717) is 18.7 Å². The first-order valence-electron chi connectivity index (χ1n) is 11.9. The average molecular weight is 490 g/mol. The van der Waals surface area contributed by atoms with Gasteiger partial charge in [-0.15, -0.1) is 0 Å². The van der Waals surface area contributed by atoms with Gasteiger partial charge in [0.1, 0.15) is 18.1 Å². The van der Waals surface area contributed by atoms with E-state index in [9.17, 15) is 9.59 Å². The average Bonchev–Trinajstić information content (AvgIpc) is 3.28. The van der Waals surface area contributed by atoms with Crippen molar-refractivity contribution in [2.24, 2.45) is 0 Å². The van der Waals surface area contributed by atoms with Crippen molar-refractivity contribution < 1.29 is 28.5 Å². The Kier molecular flexibility index (Phi) is 6.88. The Morgan fingerprint density at radius 2 is 2.19 bits per heavy atom. The van der Waals surface area contributed by atoms with Crippen LogP contribution in [0.3, 0.4) is 0 Å². The molecule has 1 atom stereocenters. The number of hydrogen-bond donors (Lipinski definition) is 1. The minimum atomic E-state index is -0.584. The SMILES string of the molecule is COc1ccc2nccc(CCNC(=O)C[C@@H]3CN(C4=COC=C(C5=CC=CCC5)O4)C(=O)O3)c2c1. The molecule has 186 valence electrons. The van der Waals surface area contributed by atoms with Crippen LogP contribution in [-0.2, 0) is 25.4 Å². The molecule has 36 heavy (non-hydrogen) atoms. The van der Waals surface area contributed by atoms with E-state index in [1.807, 2.05) is 36.4 Å². The monoisotopic (exact) mass is 489 g/mol. The van der Waals surface area contributed by atoms with Crippen LogP contribution in [0.25, 0.3) is 10.9 Å². The van der Waals surface area contributed by atoms with Gasteiger partial charge in [-0.05, 0) is 54.7 Å².